The molecule has 3 nitrogen and oxygen atoms in total. The van der Waals surface area contributed by atoms with Gasteiger partial charge in [-0.15, -0.1) is 0 Å². The normalized spacial score (nSPS) is 12.1. The van der Waals surface area contributed by atoms with Crippen molar-refractivity contribution in [1.82, 2.24) is 0 Å². The molecule has 0 amide bonds. The maximum Gasteiger partial charge on any atom is 0.335 e. The third kappa shape index (κ3) is 2.16. The minimum atomic E-state index is -1.74. The number of rotatable bonds is 3. The number of carboxylic acid groups (broad SMARTS) is 1. The highest BCUT2D eigenvalue weighted by Gasteiger charge is 2.16. The lowest BCUT2D eigenvalue weighted by Gasteiger charge is -2.04. The molecule has 0 saturated heterocycles. The van der Waals surface area contributed by atoms with Crippen LogP contribution in [0.2, 0.25) is 0 Å². The molecule has 0 aliphatic rings. The summed E-state index contributed by atoms with van der Waals surface area (Å²) in [6.07, 6.45) is -1.74. The van der Waals surface area contributed by atoms with Gasteiger partial charge in [0, 0.05) is 0 Å². The summed E-state index contributed by atoms with van der Waals surface area (Å²) in [6, 6.07) is 5.31. The van der Waals surface area contributed by atoms with Gasteiger partial charge < -0.3 is 5.11 Å². The summed E-state index contributed by atoms with van der Waals surface area (Å²) >= 11 is 0. The molecular weight excluding hydrogens is 187 g/mol. The molecule has 0 aromatic heterocycles. The van der Waals surface area contributed by atoms with Crippen LogP contribution < -0.4 is 0 Å². The smallest absolute Gasteiger partial charge is 0.335 e. The van der Waals surface area contributed by atoms with E-state index in [1.165, 1.54) is 18.2 Å². The van der Waals surface area contributed by atoms with Crippen LogP contribution in [-0.2, 0) is 4.79 Å². The molecule has 0 spiro atoms. The van der Waals surface area contributed by atoms with Crippen LogP contribution >= 0.6 is 0 Å². The number of ketones is 1. The lowest BCUT2D eigenvalue weighted by molar-refractivity contribution is -0.121. The molecule has 1 atom stereocenters. The number of benzene rings is 1. The largest absolute Gasteiger partial charge is 0.478 e. The SMILES string of the molecule is CC(=O)C(F)c1cccc(C(=O)O)c1. The van der Waals surface area contributed by atoms with Crippen molar-refractivity contribution in [2.45, 2.75) is 13.1 Å². The zero-order valence-corrected chi connectivity index (χ0v) is 7.53. The molecule has 0 heterocycles. The summed E-state index contributed by atoms with van der Waals surface area (Å²) in [5.41, 5.74) is 0.0591. The molecule has 1 N–H and O–H groups in total. The summed E-state index contributed by atoms with van der Waals surface area (Å²) in [7, 11) is 0. The van der Waals surface area contributed by atoms with Gasteiger partial charge >= 0.3 is 5.97 Å². The van der Waals surface area contributed by atoms with Gasteiger partial charge in [-0.2, -0.15) is 0 Å². The number of carbonyl (C=O) groups excluding carboxylic acids is 1. The summed E-state index contributed by atoms with van der Waals surface area (Å²) in [4.78, 5) is 21.2. The van der Waals surface area contributed by atoms with Crippen molar-refractivity contribution in [3.63, 3.8) is 0 Å². The lowest BCUT2D eigenvalue weighted by Crippen LogP contribution is -2.04. The lowest BCUT2D eigenvalue weighted by atomic mass is 10.0. The van der Waals surface area contributed by atoms with Crippen LogP contribution in [-0.4, -0.2) is 16.9 Å². The summed E-state index contributed by atoms with van der Waals surface area (Å²) in [5, 5.41) is 8.62. The van der Waals surface area contributed by atoms with Crippen molar-refractivity contribution < 1.29 is 19.1 Å². The third-order valence-corrected chi connectivity index (χ3v) is 1.78. The van der Waals surface area contributed by atoms with Crippen molar-refractivity contribution >= 4 is 11.8 Å². The van der Waals surface area contributed by atoms with Crippen LogP contribution in [0.15, 0.2) is 24.3 Å². The van der Waals surface area contributed by atoms with Gasteiger partial charge in [0.1, 0.15) is 0 Å². The molecule has 0 fully saturated rings. The minimum Gasteiger partial charge on any atom is -0.478 e. The molecule has 1 aromatic rings. The number of halogens is 1. The minimum absolute atomic E-state index is 0.0219. The van der Waals surface area contributed by atoms with E-state index >= 15 is 0 Å². The van der Waals surface area contributed by atoms with Crippen LogP contribution in [0.4, 0.5) is 4.39 Å². The Morgan fingerprint density at radius 1 is 1.43 bits per heavy atom. The third-order valence-electron chi connectivity index (χ3n) is 1.78. The maximum atomic E-state index is 13.2. The molecule has 0 radical (unpaired) electrons. The van der Waals surface area contributed by atoms with Gasteiger partial charge in [0.05, 0.1) is 5.56 Å². The van der Waals surface area contributed by atoms with Gasteiger partial charge in [-0.05, 0) is 24.6 Å². The van der Waals surface area contributed by atoms with Crippen molar-refractivity contribution in [3.05, 3.63) is 35.4 Å². The van der Waals surface area contributed by atoms with Gasteiger partial charge in [0.2, 0.25) is 0 Å². The molecule has 1 rings (SSSR count). The highest BCUT2D eigenvalue weighted by molar-refractivity contribution is 5.88. The number of carbonyl (C=O) groups is 2. The maximum absolute atomic E-state index is 13.2. The van der Waals surface area contributed by atoms with E-state index in [0.717, 1.165) is 13.0 Å². The zero-order valence-electron chi connectivity index (χ0n) is 7.53. The molecule has 0 aliphatic heterocycles. The molecular formula is C10H9FO3. The Labute approximate surface area is 80.2 Å². The van der Waals surface area contributed by atoms with Gasteiger partial charge in [-0.25, -0.2) is 9.18 Å². The number of hydrogen-bond acceptors (Lipinski definition) is 2. The fourth-order valence-electron chi connectivity index (χ4n) is 1.06. The van der Waals surface area contributed by atoms with Crippen LogP contribution in [0.3, 0.4) is 0 Å². The van der Waals surface area contributed by atoms with E-state index < -0.39 is 17.9 Å². The molecule has 0 saturated carbocycles. The Kier molecular flexibility index (Phi) is 2.96. The monoisotopic (exact) mass is 196 g/mol. The van der Waals surface area contributed by atoms with Gasteiger partial charge in [-0.1, -0.05) is 12.1 Å². The Balaban J connectivity index is 3.05. The average Bonchev–Trinajstić information content (AvgIpc) is 2.16. The summed E-state index contributed by atoms with van der Waals surface area (Å²) < 4.78 is 13.2. The first kappa shape index (κ1) is 10.4. The van der Waals surface area contributed by atoms with E-state index in [-0.39, 0.29) is 11.1 Å². The topological polar surface area (TPSA) is 54.4 Å². The van der Waals surface area contributed by atoms with Crippen LogP contribution in [0.5, 0.6) is 0 Å². The average molecular weight is 196 g/mol. The molecule has 1 unspecified atom stereocenters. The second-order valence-corrected chi connectivity index (χ2v) is 2.90. The van der Waals surface area contributed by atoms with Gasteiger partial charge in [0.25, 0.3) is 0 Å². The van der Waals surface area contributed by atoms with Crippen molar-refractivity contribution in [3.8, 4) is 0 Å². The summed E-state index contributed by atoms with van der Waals surface area (Å²) in [5.74, 6) is -1.77. The van der Waals surface area contributed by atoms with Gasteiger partial charge in [-0.3, -0.25) is 4.79 Å². The number of hydrogen-bond donors (Lipinski definition) is 1. The van der Waals surface area contributed by atoms with Crippen LogP contribution in [0.25, 0.3) is 0 Å². The quantitative estimate of drug-likeness (QED) is 0.804. The van der Waals surface area contributed by atoms with E-state index in [2.05, 4.69) is 0 Å². The van der Waals surface area contributed by atoms with Crippen LogP contribution in [0.1, 0.15) is 29.0 Å². The molecule has 0 bridgehead atoms. The molecule has 14 heavy (non-hydrogen) atoms. The zero-order chi connectivity index (χ0) is 10.7. The van der Waals surface area contributed by atoms with Gasteiger partial charge in [0.15, 0.2) is 12.0 Å². The Hall–Kier alpha value is -1.71. The Morgan fingerprint density at radius 3 is 2.57 bits per heavy atom. The number of carboxylic acids is 1. The van der Waals surface area contributed by atoms with E-state index in [1.807, 2.05) is 0 Å². The number of alkyl halides is 1. The standard InChI is InChI=1S/C10H9FO3/c1-6(12)9(11)7-3-2-4-8(5-7)10(13)14/h2-5,9H,1H3,(H,13,14). The fraction of sp³-hybridized carbons (Fsp3) is 0.200. The van der Waals surface area contributed by atoms with Crippen LogP contribution in [0, 0.1) is 0 Å². The highest BCUT2D eigenvalue weighted by Crippen LogP contribution is 2.19. The predicted octanol–water partition coefficient (Wildman–Crippen LogP) is 1.98. The second kappa shape index (κ2) is 4.00. The van der Waals surface area contributed by atoms with Crippen molar-refractivity contribution in [1.29, 1.82) is 0 Å². The molecule has 74 valence electrons. The second-order valence-electron chi connectivity index (χ2n) is 2.90. The first-order valence-corrected chi connectivity index (χ1v) is 4.00. The first-order chi connectivity index (χ1) is 6.52. The molecule has 1 aromatic carbocycles. The van der Waals surface area contributed by atoms with E-state index in [0.29, 0.717) is 0 Å². The fourth-order valence-corrected chi connectivity index (χ4v) is 1.06. The van der Waals surface area contributed by atoms with E-state index in [1.54, 1.807) is 0 Å². The van der Waals surface area contributed by atoms with Crippen molar-refractivity contribution in [2.24, 2.45) is 0 Å². The number of aromatic carboxylic acids is 1. The highest BCUT2D eigenvalue weighted by atomic mass is 19.1. The first-order valence-electron chi connectivity index (χ1n) is 4.00. The van der Waals surface area contributed by atoms with Crippen molar-refractivity contribution in [2.75, 3.05) is 0 Å². The predicted molar refractivity (Wildman–Crippen MR) is 47.9 cm³/mol. The molecule has 4 heteroatoms. The Bertz CT molecular complexity index is 373. The summed E-state index contributed by atoms with van der Waals surface area (Å²) in [6.45, 7) is 1.12. The Morgan fingerprint density at radius 2 is 2.07 bits per heavy atom. The number of Topliss-reactive ketones (excluding diaryl/α,β-unsaturated/α-hetero) is 1. The van der Waals surface area contributed by atoms with E-state index in [4.69, 9.17) is 5.11 Å². The van der Waals surface area contributed by atoms with E-state index in [9.17, 15) is 14.0 Å². The molecule has 0 aliphatic carbocycles.